The molecule has 1 aliphatic rings. The molecule has 0 bridgehead atoms. The molecule has 0 N–H and O–H groups in total. The number of benzene rings is 1. The van der Waals surface area contributed by atoms with Crippen molar-refractivity contribution in [1.82, 2.24) is 0 Å². The maximum atomic E-state index is 11.6. The number of carbonyl (C=O) groups is 1. The van der Waals surface area contributed by atoms with Gasteiger partial charge in [-0.1, -0.05) is 28.1 Å². The summed E-state index contributed by atoms with van der Waals surface area (Å²) < 4.78 is 5.89. The first kappa shape index (κ1) is 10.7. The van der Waals surface area contributed by atoms with E-state index in [1.807, 2.05) is 18.2 Å². The molecule has 0 saturated heterocycles. The van der Waals surface area contributed by atoms with Gasteiger partial charge in [-0.3, -0.25) is 4.79 Å². The third-order valence-electron chi connectivity index (χ3n) is 2.90. The fourth-order valence-electron chi connectivity index (χ4n) is 1.86. The van der Waals surface area contributed by atoms with Gasteiger partial charge in [0.05, 0.1) is 12.5 Å². The molecule has 1 aliphatic carbocycles. The normalized spacial score (nSPS) is 17.2. The number of ether oxygens (including phenoxy) is 1. The Morgan fingerprint density at radius 2 is 2.27 bits per heavy atom. The van der Waals surface area contributed by atoms with Gasteiger partial charge in [0, 0.05) is 4.47 Å². The fraction of sp³-hybridized carbons (Fsp3) is 0.417. The van der Waals surface area contributed by atoms with Crippen molar-refractivity contribution in [2.24, 2.45) is 5.41 Å². The van der Waals surface area contributed by atoms with E-state index in [1.54, 1.807) is 0 Å². The van der Waals surface area contributed by atoms with Crippen LogP contribution in [-0.2, 0) is 16.0 Å². The Bertz CT molecular complexity index is 383. The first-order valence-corrected chi connectivity index (χ1v) is 5.78. The third kappa shape index (κ3) is 2.23. The molecule has 0 aliphatic heterocycles. The standard InChI is InChI=1S/C12H13BrO2/c1-15-11(14)12(5-6-12)8-9-3-2-4-10(13)7-9/h2-4,7H,5-6,8H2,1H3. The van der Waals surface area contributed by atoms with E-state index < -0.39 is 0 Å². The van der Waals surface area contributed by atoms with Crippen molar-refractivity contribution in [3.63, 3.8) is 0 Å². The minimum absolute atomic E-state index is 0.0672. The summed E-state index contributed by atoms with van der Waals surface area (Å²) in [4.78, 5) is 11.6. The van der Waals surface area contributed by atoms with Gasteiger partial charge >= 0.3 is 5.97 Å². The molecule has 0 amide bonds. The quantitative estimate of drug-likeness (QED) is 0.788. The topological polar surface area (TPSA) is 26.3 Å². The summed E-state index contributed by atoms with van der Waals surface area (Å²) in [6.07, 6.45) is 2.69. The fourth-order valence-corrected chi connectivity index (χ4v) is 2.30. The van der Waals surface area contributed by atoms with Crippen molar-refractivity contribution in [3.05, 3.63) is 34.3 Å². The van der Waals surface area contributed by atoms with Gasteiger partial charge in [0.25, 0.3) is 0 Å². The Labute approximate surface area is 97.8 Å². The van der Waals surface area contributed by atoms with E-state index in [0.29, 0.717) is 0 Å². The molecule has 1 aromatic carbocycles. The predicted molar refractivity (Wildman–Crippen MR) is 61.5 cm³/mol. The monoisotopic (exact) mass is 268 g/mol. The van der Waals surface area contributed by atoms with E-state index in [1.165, 1.54) is 12.7 Å². The van der Waals surface area contributed by atoms with E-state index in [0.717, 1.165) is 23.7 Å². The predicted octanol–water partition coefficient (Wildman–Crippen LogP) is 2.94. The number of carbonyl (C=O) groups excluding carboxylic acids is 1. The Balaban J connectivity index is 2.12. The SMILES string of the molecule is COC(=O)C1(Cc2cccc(Br)c2)CC1. The molecule has 2 rings (SSSR count). The average Bonchev–Trinajstić information content (AvgIpc) is 2.98. The lowest BCUT2D eigenvalue weighted by molar-refractivity contribution is -0.147. The van der Waals surface area contributed by atoms with Crippen LogP contribution in [-0.4, -0.2) is 13.1 Å². The van der Waals surface area contributed by atoms with Gasteiger partial charge in [-0.25, -0.2) is 0 Å². The second-order valence-corrected chi connectivity index (χ2v) is 4.99. The van der Waals surface area contributed by atoms with Crippen molar-refractivity contribution in [2.75, 3.05) is 7.11 Å². The number of esters is 1. The van der Waals surface area contributed by atoms with Crippen LogP contribution < -0.4 is 0 Å². The molecule has 2 nitrogen and oxygen atoms in total. The van der Waals surface area contributed by atoms with Crippen LogP contribution in [0.4, 0.5) is 0 Å². The van der Waals surface area contributed by atoms with E-state index in [-0.39, 0.29) is 11.4 Å². The zero-order valence-corrected chi connectivity index (χ0v) is 10.2. The summed E-state index contributed by atoms with van der Waals surface area (Å²) in [5.41, 5.74) is 0.961. The highest BCUT2D eigenvalue weighted by Gasteiger charge is 2.50. The molecular weight excluding hydrogens is 256 g/mol. The molecular formula is C12H13BrO2. The minimum Gasteiger partial charge on any atom is -0.469 e. The van der Waals surface area contributed by atoms with Crippen LogP contribution in [0.5, 0.6) is 0 Å². The Morgan fingerprint density at radius 1 is 1.53 bits per heavy atom. The van der Waals surface area contributed by atoms with Crippen LogP contribution in [0, 0.1) is 5.41 Å². The van der Waals surface area contributed by atoms with Gasteiger partial charge < -0.3 is 4.74 Å². The summed E-state index contributed by atoms with van der Waals surface area (Å²) in [5, 5.41) is 0. The molecule has 0 radical (unpaired) electrons. The van der Waals surface area contributed by atoms with Crippen LogP contribution in [0.2, 0.25) is 0 Å². The van der Waals surface area contributed by atoms with Gasteiger partial charge in [0.15, 0.2) is 0 Å². The molecule has 0 unspecified atom stereocenters. The number of hydrogen-bond acceptors (Lipinski definition) is 2. The first-order chi connectivity index (χ1) is 7.16. The van der Waals surface area contributed by atoms with Gasteiger partial charge in [-0.2, -0.15) is 0 Å². The summed E-state index contributed by atoms with van der Waals surface area (Å²) >= 11 is 3.43. The maximum absolute atomic E-state index is 11.6. The summed E-state index contributed by atoms with van der Waals surface area (Å²) in [6.45, 7) is 0. The lowest BCUT2D eigenvalue weighted by Gasteiger charge is -2.12. The molecule has 1 fully saturated rings. The highest BCUT2D eigenvalue weighted by atomic mass is 79.9. The molecule has 0 spiro atoms. The van der Waals surface area contributed by atoms with Crippen molar-refractivity contribution >= 4 is 21.9 Å². The highest BCUT2D eigenvalue weighted by molar-refractivity contribution is 9.10. The summed E-state index contributed by atoms with van der Waals surface area (Å²) in [5.74, 6) is -0.0672. The summed E-state index contributed by atoms with van der Waals surface area (Å²) in [6, 6.07) is 8.09. The molecule has 0 aromatic heterocycles. The molecule has 1 saturated carbocycles. The molecule has 0 heterocycles. The van der Waals surface area contributed by atoms with Crippen molar-refractivity contribution < 1.29 is 9.53 Å². The molecule has 0 atom stereocenters. The van der Waals surface area contributed by atoms with Crippen LogP contribution in [0.1, 0.15) is 18.4 Å². The van der Waals surface area contributed by atoms with E-state index in [2.05, 4.69) is 22.0 Å². The van der Waals surface area contributed by atoms with Gasteiger partial charge in [-0.15, -0.1) is 0 Å². The van der Waals surface area contributed by atoms with Crippen LogP contribution in [0.15, 0.2) is 28.7 Å². The molecule has 1 aromatic rings. The number of rotatable bonds is 3. The number of halogens is 1. The minimum atomic E-state index is -0.227. The van der Waals surface area contributed by atoms with Gasteiger partial charge in [0.2, 0.25) is 0 Å². The second kappa shape index (κ2) is 3.97. The van der Waals surface area contributed by atoms with Crippen LogP contribution in [0.25, 0.3) is 0 Å². The van der Waals surface area contributed by atoms with Gasteiger partial charge in [-0.05, 0) is 37.0 Å². The lowest BCUT2D eigenvalue weighted by Crippen LogP contribution is -2.19. The lowest BCUT2D eigenvalue weighted by atomic mass is 9.97. The smallest absolute Gasteiger partial charge is 0.312 e. The highest BCUT2D eigenvalue weighted by Crippen LogP contribution is 2.49. The third-order valence-corrected chi connectivity index (χ3v) is 3.40. The number of hydrogen-bond donors (Lipinski definition) is 0. The zero-order valence-electron chi connectivity index (χ0n) is 8.63. The van der Waals surface area contributed by atoms with E-state index in [4.69, 9.17) is 4.74 Å². The van der Waals surface area contributed by atoms with Gasteiger partial charge in [0.1, 0.15) is 0 Å². The first-order valence-electron chi connectivity index (χ1n) is 4.99. The van der Waals surface area contributed by atoms with Crippen molar-refractivity contribution in [2.45, 2.75) is 19.3 Å². The second-order valence-electron chi connectivity index (χ2n) is 4.08. The van der Waals surface area contributed by atoms with Crippen molar-refractivity contribution in [3.8, 4) is 0 Å². The van der Waals surface area contributed by atoms with Crippen LogP contribution in [0.3, 0.4) is 0 Å². The van der Waals surface area contributed by atoms with Crippen LogP contribution >= 0.6 is 15.9 Å². The Morgan fingerprint density at radius 3 is 2.80 bits per heavy atom. The molecule has 15 heavy (non-hydrogen) atoms. The van der Waals surface area contributed by atoms with E-state index >= 15 is 0 Å². The summed E-state index contributed by atoms with van der Waals surface area (Å²) in [7, 11) is 1.46. The zero-order chi connectivity index (χ0) is 10.9. The Hall–Kier alpha value is -0.830. The van der Waals surface area contributed by atoms with Crippen molar-refractivity contribution in [1.29, 1.82) is 0 Å². The van der Waals surface area contributed by atoms with E-state index in [9.17, 15) is 4.79 Å². The average molecular weight is 269 g/mol. The molecule has 3 heteroatoms. The number of methoxy groups -OCH3 is 1. The largest absolute Gasteiger partial charge is 0.469 e. The maximum Gasteiger partial charge on any atom is 0.312 e. The molecule has 80 valence electrons. The Kier molecular flexibility index (Phi) is 2.83.